The second-order valence-corrected chi connectivity index (χ2v) is 5.20. The predicted molar refractivity (Wildman–Crippen MR) is 70.5 cm³/mol. The Kier molecular flexibility index (Phi) is 4.90. The minimum Gasteiger partial charge on any atom is -0.356 e. The maximum absolute atomic E-state index is 12.0. The molecule has 2 rings (SSSR count). The van der Waals surface area contributed by atoms with E-state index in [-0.39, 0.29) is 11.4 Å². The van der Waals surface area contributed by atoms with Gasteiger partial charge in [0.05, 0.1) is 0 Å². The monoisotopic (exact) mass is 266 g/mol. The third-order valence-electron chi connectivity index (χ3n) is 3.91. The van der Waals surface area contributed by atoms with E-state index in [0.717, 1.165) is 12.8 Å². The summed E-state index contributed by atoms with van der Waals surface area (Å²) in [4.78, 5) is 15.9. The van der Waals surface area contributed by atoms with Crippen LogP contribution in [0.5, 0.6) is 0 Å². The van der Waals surface area contributed by atoms with Crippen molar-refractivity contribution in [1.82, 2.24) is 20.8 Å². The molecule has 1 fully saturated rings. The number of hydrogen-bond donors (Lipinski definition) is 2. The van der Waals surface area contributed by atoms with E-state index in [1.165, 1.54) is 25.6 Å². The Morgan fingerprint density at radius 2 is 2.21 bits per heavy atom. The molecule has 1 aromatic rings. The van der Waals surface area contributed by atoms with Crippen molar-refractivity contribution in [2.24, 2.45) is 0 Å². The second-order valence-electron chi connectivity index (χ2n) is 5.20. The van der Waals surface area contributed by atoms with Crippen LogP contribution in [-0.2, 0) is 11.2 Å². The van der Waals surface area contributed by atoms with Crippen molar-refractivity contribution >= 4 is 5.91 Å². The first-order valence-electron chi connectivity index (χ1n) is 6.95. The van der Waals surface area contributed by atoms with Crippen LogP contribution in [0.25, 0.3) is 0 Å². The molecule has 1 aromatic heterocycles. The molecular weight excluding hydrogens is 244 g/mol. The Balaban J connectivity index is 1.73. The lowest BCUT2D eigenvalue weighted by atomic mass is 9.79. The lowest BCUT2D eigenvalue weighted by molar-refractivity contribution is -0.122. The van der Waals surface area contributed by atoms with Crippen LogP contribution >= 0.6 is 0 Å². The number of carbonyl (C=O) groups is 1. The van der Waals surface area contributed by atoms with E-state index in [2.05, 4.69) is 20.8 Å². The Morgan fingerprint density at radius 1 is 1.42 bits per heavy atom. The molecule has 0 unspecified atom stereocenters. The molecule has 0 bridgehead atoms. The fraction of sp³-hybridized carbons (Fsp3) is 0.769. The largest absolute Gasteiger partial charge is 0.356 e. The normalized spacial score (nSPS) is 18.2. The van der Waals surface area contributed by atoms with Gasteiger partial charge in [0.15, 0.2) is 6.33 Å². The van der Waals surface area contributed by atoms with E-state index in [4.69, 9.17) is 4.52 Å². The zero-order valence-corrected chi connectivity index (χ0v) is 11.4. The van der Waals surface area contributed by atoms with Gasteiger partial charge in [0.25, 0.3) is 0 Å². The first-order valence-corrected chi connectivity index (χ1v) is 6.95. The highest BCUT2D eigenvalue weighted by molar-refractivity contribution is 5.77. The summed E-state index contributed by atoms with van der Waals surface area (Å²) in [5, 5.41) is 9.80. The summed E-state index contributed by atoms with van der Waals surface area (Å²) in [7, 11) is 1.96. The molecule has 1 aliphatic rings. The number of nitrogens with zero attached hydrogens (tertiary/aromatic N) is 2. The van der Waals surface area contributed by atoms with Crippen molar-refractivity contribution in [3.8, 4) is 0 Å². The highest BCUT2D eigenvalue weighted by Gasteiger charge is 2.32. The van der Waals surface area contributed by atoms with E-state index in [9.17, 15) is 4.79 Å². The fourth-order valence-electron chi connectivity index (χ4n) is 2.73. The average molecular weight is 266 g/mol. The van der Waals surface area contributed by atoms with Crippen molar-refractivity contribution in [3.05, 3.63) is 12.2 Å². The quantitative estimate of drug-likeness (QED) is 0.804. The van der Waals surface area contributed by atoms with Crippen molar-refractivity contribution in [2.45, 2.75) is 50.5 Å². The second kappa shape index (κ2) is 6.65. The molecule has 6 nitrogen and oxygen atoms in total. The molecule has 2 N–H and O–H groups in total. The zero-order valence-electron chi connectivity index (χ0n) is 11.4. The molecule has 1 heterocycles. The van der Waals surface area contributed by atoms with Gasteiger partial charge in [0.1, 0.15) is 0 Å². The van der Waals surface area contributed by atoms with Crippen LogP contribution in [0.2, 0.25) is 0 Å². The van der Waals surface area contributed by atoms with Crippen LogP contribution in [0.4, 0.5) is 0 Å². The molecule has 0 aromatic carbocycles. The van der Waals surface area contributed by atoms with E-state index in [0.29, 0.717) is 25.3 Å². The molecule has 6 heteroatoms. The third-order valence-corrected chi connectivity index (χ3v) is 3.91. The molecule has 106 valence electrons. The van der Waals surface area contributed by atoms with Crippen molar-refractivity contribution in [1.29, 1.82) is 0 Å². The molecule has 0 aliphatic heterocycles. The van der Waals surface area contributed by atoms with Crippen LogP contribution in [0, 0.1) is 0 Å². The fourth-order valence-corrected chi connectivity index (χ4v) is 2.73. The van der Waals surface area contributed by atoms with E-state index >= 15 is 0 Å². The van der Waals surface area contributed by atoms with Crippen LogP contribution in [0.1, 0.15) is 44.4 Å². The lowest BCUT2D eigenvalue weighted by Gasteiger charge is -2.36. The maximum atomic E-state index is 12.0. The number of hydrogen-bond acceptors (Lipinski definition) is 5. The van der Waals surface area contributed by atoms with Gasteiger partial charge in [0.2, 0.25) is 11.8 Å². The topological polar surface area (TPSA) is 80.0 Å². The smallest absolute Gasteiger partial charge is 0.228 e. The average Bonchev–Trinajstić information content (AvgIpc) is 2.93. The Labute approximate surface area is 113 Å². The minimum atomic E-state index is -0.00712. The van der Waals surface area contributed by atoms with Gasteiger partial charge in [0, 0.05) is 24.9 Å². The van der Waals surface area contributed by atoms with Crippen LogP contribution in [0.15, 0.2) is 10.9 Å². The number of carbonyl (C=O) groups excluding carboxylic acids is 1. The van der Waals surface area contributed by atoms with Crippen molar-refractivity contribution in [3.63, 3.8) is 0 Å². The van der Waals surface area contributed by atoms with Gasteiger partial charge in [-0.05, 0) is 19.9 Å². The summed E-state index contributed by atoms with van der Waals surface area (Å²) in [6.07, 6.45) is 8.36. The molecule has 1 amide bonds. The molecule has 0 saturated heterocycles. The first kappa shape index (κ1) is 14.0. The van der Waals surface area contributed by atoms with Crippen molar-refractivity contribution in [2.75, 3.05) is 13.6 Å². The van der Waals surface area contributed by atoms with Crippen LogP contribution in [-0.4, -0.2) is 35.2 Å². The Bertz CT molecular complexity index is 385. The van der Waals surface area contributed by atoms with Gasteiger partial charge in [-0.1, -0.05) is 24.4 Å². The highest BCUT2D eigenvalue weighted by atomic mass is 16.5. The summed E-state index contributed by atoms with van der Waals surface area (Å²) in [5.74, 6) is 0.650. The molecule has 19 heavy (non-hydrogen) atoms. The van der Waals surface area contributed by atoms with Gasteiger partial charge in [-0.15, -0.1) is 0 Å². The van der Waals surface area contributed by atoms with E-state index in [1.54, 1.807) is 0 Å². The van der Waals surface area contributed by atoms with Gasteiger partial charge in [-0.3, -0.25) is 4.79 Å². The molecule has 0 atom stereocenters. The number of rotatable bonds is 6. The number of nitrogens with one attached hydrogen (secondary N) is 2. The number of aromatic nitrogens is 2. The summed E-state index contributed by atoms with van der Waals surface area (Å²) < 4.78 is 4.88. The minimum absolute atomic E-state index is 0.00712. The van der Waals surface area contributed by atoms with Crippen LogP contribution < -0.4 is 10.6 Å². The van der Waals surface area contributed by atoms with Gasteiger partial charge in [-0.2, -0.15) is 4.98 Å². The molecule has 0 spiro atoms. The predicted octanol–water partition coefficient (Wildman–Crippen LogP) is 1.04. The summed E-state index contributed by atoms with van der Waals surface area (Å²) in [6, 6.07) is 0. The maximum Gasteiger partial charge on any atom is 0.228 e. The van der Waals surface area contributed by atoms with E-state index < -0.39 is 0 Å². The third kappa shape index (κ3) is 4.02. The SMILES string of the molecule is CNC1(CC(=O)NCCc2ncno2)CCCCC1. The number of amides is 1. The Hall–Kier alpha value is -1.43. The molecule has 1 aliphatic carbocycles. The van der Waals surface area contributed by atoms with Crippen LogP contribution in [0.3, 0.4) is 0 Å². The standard InChI is InChI=1S/C13H22N4O2/c1-14-13(6-3-2-4-7-13)9-11(18)15-8-5-12-16-10-17-19-12/h10,14H,2-9H2,1H3,(H,15,18). The highest BCUT2D eigenvalue weighted by Crippen LogP contribution is 2.30. The molecular formula is C13H22N4O2. The lowest BCUT2D eigenvalue weighted by Crippen LogP contribution is -2.48. The van der Waals surface area contributed by atoms with E-state index in [1.807, 2.05) is 7.05 Å². The summed E-state index contributed by atoms with van der Waals surface area (Å²) in [6.45, 7) is 0.542. The van der Waals surface area contributed by atoms with Gasteiger partial charge >= 0.3 is 0 Å². The summed E-state index contributed by atoms with van der Waals surface area (Å²) in [5.41, 5.74) is -0.00712. The first-order chi connectivity index (χ1) is 9.24. The Morgan fingerprint density at radius 3 is 2.84 bits per heavy atom. The summed E-state index contributed by atoms with van der Waals surface area (Å²) >= 11 is 0. The van der Waals surface area contributed by atoms with Gasteiger partial charge < -0.3 is 15.2 Å². The van der Waals surface area contributed by atoms with Crippen molar-refractivity contribution < 1.29 is 9.32 Å². The molecule has 0 radical (unpaired) electrons. The zero-order chi connectivity index (χ0) is 13.6. The molecule has 1 saturated carbocycles. The van der Waals surface area contributed by atoms with Gasteiger partial charge in [-0.25, -0.2) is 0 Å².